The summed E-state index contributed by atoms with van der Waals surface area (Å²) < 4.78 is 128. The van der Waals surface area contributed by atoms with Crippen molar-refractivity contribution in [3.05, 3.63) is 113 Å². The van der Waals surface area contributed by atoms with Gasteiger partial charge in [-0.05, 0) is 108 Å². The van der Waals surface area contributed by atoms with Crippen molar-refractivity contribution in [2.45, 2.75) is 154 Å². The fourth-order valence-corrected chi connectivity index (χ4v) is 15.5. The molecule has 0 aliphatic rings. The number of nitriles is 3. The van der Waals surface area contributed by atoms with Crippen molar-refractivity contribution >= 4 is 121 Å². The molecule has 44 heteroatoms. The van der Waals surface area contributed by atoms with Gasteiger partial charge in [-0.3, -0.25) is 28.5 Å². The molecule has 0 amide bonds. The molecule has 0 atom stereocenters. The number of hydrogen-bond donors (Lipinski definition) is 9. The molecule has 0 unspecified atom stereocenters. The predicted molar refractivity (Wildman–Crippen MR) is 388 cm³/mol. The first kappa shape index (κ1) is 107. The fraction of sp³-hybridized carbons (Fsp3) is 0.450. The summed E-state index contributed by atoms with van der Waals surface area (Å²) in [4.78, 5) is 66.9. The van der Waals surface area contributed by atoms with Gasteiger partial charge in [-0.25, -0.2) is 53.9 Å². The van der Waals surface area contributed by atoms with Gasteiger partial charge in [-0.1, -0.05) is 41.5 Å². The Morgan fingerprint density at radius 1 is 0.462 bits per heavy atom. The van der Waals surface area contributed by atoms with Gasteiger partial charge in [0.1, 0.15) is 60.4 Å². The zero-order valence-corrected chi connectivity index (χ0v) is 71.4. The van der Waals surface area contributed by atoms with E-state index in [4.69, 9.17) is 76.5 Å². The van der Waals surface area contributed by atoms with Gasteiger partial charge in [0.15, 0.2) is 28.9 Å². The van der Waals surface area contributed by atoms with E-state index in [-0.39, 0.29) is 159 Å². The number of nitrogens with two attached hydrogens (primary N) is 5. The molecule has 6 aromatic rings. The van der Waals surface area contributed by atoms with Crippen LogP contribution in [0, 0.1) is 34.0 Å². The minimum atomic E-state index is -4.19. The number of aromatic carboxylic acids is 1. The number of carbonyl (C=O) groups is 6. The topological polar surface area (TPSA) is 630 Å². The molecule has 0 saturated carbocycles. The zero-order chi connectivity index (χ0) is 80.0. The van der Waals surface area contributed by atoms with Crippen LogP contribution >= 0.6 is 37.3 Å². The van der Waals surface area contributed by atoms with E-state index in [2.05, 4.69) is 32.7 Å². The number of ketones is 5. The van der Waals surface area contributed by atoms with Crippen molar-refractivity contribution in [3.63, 3.8) is 0 Å². The summed E-state index contributed by atoms with van der Waals surface area (Å²) in [7, 11) is -1.04. The summed E-state index contributed by atoms with van der Waals surface area (Å²) in [5, 5.41) is 58.6. The number of Topliss-reactive ketones (excluding diaryl/α,β-unsaturated/α-hetero) is 5. The molecule has 17 N–H and O–H groups in total. The Bertz CT molecular complexity index is 4620. The number of aliphatic hydroxyl groups excluding tert-OH is 1. The molecule has 578 valence electrons. The van der Waals surface area contributed by atoms with E-state index in [0.717, 1.165) is 34.4 Å². The SMILES string of the molecule is CCO.CCc1c(C(=O)O)c(S(N)(=O)=O)c(CN)n1C.CCc1c(C(C)=O)c(S(=O)(=O)Cl)c(C#N)n1C.CCc1c(C(C)=O)c(S(N)(=O)=O)c(C#N)n1C.CCc1c(C(C)=O)c(S(N)(=O)=O)c(CN)n1C.CCc1c(C(C)=O)cc(Br)n1C.CCc1c(C(C)=O)cc(C#N)n1C.N.O=S(=O)(O)Cl.[K+].[OH-]. The molecule has 0 aliphatic heterocycles. The van der Waals surface area contributed by atoms with E-state index in [9.17, 15) is 62.4 Å². The number of aromatic nitrogens is 6. The number of carboxylic acid groups (broad SMARTS) is 1. The predicted octanol–water partition coefficient (Wildman–Crippen LogP) is 2.42. The van der Waals surface area contributed by atoms with Crippen LogP contribution in [0.5, 0.6) is 0 Å². The average molecular weight is 1690 g/mol. The van der Waals surface area contributed by atoms with Crippen LogP contribution < -0.4 is 84.4 Å². The van der Waals surface area contributed by atoms with Gasteiger partial charge in [0.25, 0.3) is 9.05 Å². The Labute approximate surface area is 666 Å². The molecule has 6 aromatic heterocycles. The number of carbonyl (C=O) groups excluding carboxylic acids is 5. The molecule has 35 nitrogen and oxygen atoms in total. The average Bonchev–Trinajstić information content (AvgIpc) is 1.63. The van der Waals surface area contributed by atoms with Crippen LogP contribution in [0.25, 0.3) is 0 Å². The number of carboxylic acids is 1. The molecule has 0 fully saturated rings. The van der Waals surface area contributed by atoms with E-state index in [0.29, 0.717) is 65.4 Å². The van der Waals surface area contributed by atoms with Gasteiger partial charge < -0.3 is 60.7 Å². The second kappa shape index (κ2) is 45.7. The third-order valence-corrected chi connectivity index (χ3v) is 19.7. The third kappa shape index (κ3) is 28.0. The van der Waals surface area contributed by atoms with E-state index in [1.807, 2.05) is 45.5 Å². The van der Waals surface area contributed by atoms with E-state index < -0.39 is 66.0 Å². The third-order valence-electron chi connectivity index (χ3n) is 14.6. The molecule has 0 aliphatic carbocycles. The molecule has 0 radical (unpaired) electrons. The molecule has 0 saturated heterocycles. The van der Waals surface area contributed by atoms with Gasteiger partial charge in [-0.15, -0.1) is 0 Å². The van der Waals surface area contributed by atoms with Crippen molar-refractivity contribution in [2.75, 3.05) is 6.61 Å². The van der Waals surface area contributed by atoms with Crippen LogP contribution in [0.3, 0.4) is 0 Å². The first-order valence-electron chi connectivity index (χ1n) is 29.7. The van der Waals surface area contributed by atoms with Crippen molar-refractivity contribution in [1.82, 2.24) is 33.6 Å². The molecular formula is C60H91BrCl2KN15O20S5. The van der Waals surface area contributed by atoms with Crippen molar-refractivity contribution < 1.29 is 142 Å². The van der Waals surface area contributed by atoms with Crippen LogP contribution in [0.1, 0.15) is 208 Å². The zero-order valence-electron chi connectivity index (χ0n) is 61.1. The number of primary sulfonamides is 3. The van der Waals surface area contributed by atoms with Gasteiger partial charge in [0.05, 0.1) is 32.7 Å². The molecule has 0 aromatic carbocycles. The largest absolute Gasteiger partial charge is 1.00 e. The number of nitrogens with zero attached hydrogens (tertiary/aromatic N) is 9. The quantitative estimate of drug-likeness (QED) is 0.0258. The normalized spacial score (nSPS) is 10.7. The molecule has 6 rings (SSSR count). The maximum Gasteiger partial charge on any atom is 1.00 e. The summed E-state index contributed by atoms with van der Waals surface area (Å²) in [5.41, 5.74) is 17.4. The molecule has 104 heavy (non-hydrogen) atoms. The summed E-state index contributed by atoms with van der Waals surface area (Å²) in [6.07, 6.45) is 3.45. The van der Waals surface area contributed by atoms with Crippen LogP contribution in [0.15, 0.2) is 36.3 Å². The maximum atomic E-state index is 11.6. The first-order chi connectivity index (χ1) is 46.1. The maximum absolute atomic E-state index is 11.6. The van der Waals surface area contributed by atoms with E-state index >= 15 is 0 Å². The Morgan fingerprint density at radius 3 is 0.952 bits per heavy atom. The first-order valence-corrected chi connectivity index (χ1v) is 39.7. The summed E-state index contributed by atoms with van der Waals surface area (Å²) in [6.45, 7) is 19.9. The van der Waals surface area contributed by atoms with Crippen LogP contribution in [-0.2, 0) is 142 Å². The summed E-state index contributed by atoms with van der Waals surface area (Å²) >= 11 is 3.39. The second-order valence-electron chi connectivity index (χ2n) is 21.0. The number of hydrogen-bond acceptors (Lipinski definition) is 24. The number of sulfonamides is 3. The van der Waals surface area contributed by atoms with Crippen LogP contribution in [-0.4, -0.2) is 131 Å². The smallest absolute Gasteiger partial charge is 0.870 e. The molecule has 0 spiro atoms. The van der Waals surface area contributed by atoms with Crippen LogP contribution in [0.2, 0.25) is 0 Å². The van der Waals surface area contributed by atoms with Crippen molar-refractivity contribution in [3.8, 4) is 18.2 Å². The fourth-order valence-electron chi connectivity index (χ4n) is 10.6. The van der Waals surface area contributed by atoms with E-state index in [1.54, 1.807) is 83.1 Å². The number of rotatable bonds is 18. The van der Waals surface area contributed by atoms with Gasteiger partial charge in [0, 0.05) is 129 Å². The Balaban J connectivity index is -0.000000368. The summed E-state index contributed by atoms with van der Waals surface area (Å²) in [5.74, 6) is -2.31. The number of halogens is 3. The molecule has 6 heterocycles. The number of aliphatic hydroxyl groups is 1. The van der Waals surface area contributed by atoms with Gasteiger partial charge in [0.2, 0.25) is 30.1 Å². The standard InChI is InChI=1S/C10H11ClN2O3S.C10H17N3O3S.C10H13N3O3S.C10H12N2O.C9H12BrNO.C9H15N3O4S.C2H6O.ClHO3S.K.H3N.H2O/c1-4-7-9(6(2)14)10(17(11,15)16)8(5-12)13(7)3;2*1-4-7-9(6(2)14)10(17(12,15)16)8(5-11)13(7)3;1-4-10-9(7(2)13)5-8(6-11)12(10)3;1-4-8-7(6(2)12)5-9(10)11(8)3;1-3-5-7(9(13)14)8(17(11,15)16)6(4-10)12(5)2;1-2-3;1-5(2,3)4;;;/h4H2,1-3H3;4-5,11H2,1-3H3,(H2,12,15,16);4H2,1-3H3,(H2,12,15,16);5H,4H2,1-3H3;5H,4H2,1-3H3;3-4,10H2,1-2H3,(H,13,14)(H2,11,15,16);3H,2H2,1H3;(H,2,3,4);;1H3;1H2/q;;;;;;;;+1;;/p-1. The Hall–Kier alpha value is -5.94. The minimum absolute atomic E-state index is 0. The molecular weight excluding hydrogens is 1600 g/mol. The van der Waals surface area contributed by atoms with Gasteiger partial charge >= 0.3 is 66.7 Å². The summed E-state index contributed by atoms with van der Waals surface area (Å²) in [6, 6.07) is 9.13. The van der Waals surface area contributed by atoms with E-state index in [1.165, 1.54) is 48.4 Å². The van der Waals surface area contributed by atoms with Crippen molar-refractivity contribution in [1.29, 1.82) is 15.8 Å². The van der Waals surface area contributed by atoms with Crippen molar-refractivity contribution in [2.24, 2.45) is 69.2 Å². The van der Waals surface area contributed by atoms with Crippen LogP contribution in [0.4, 0.5) is 0 Å². The van der Waals surface area contributed by atoms with Gasteiger partial charge in [-0.2, -0.15) is 24.2 Å². The molecule has 0 bridgehead atoms. The monoisotopic (exact) mass is 1690 g/mol. The second-order valence-corrected chi connectivity index (χ2v) is 30.8. The Morgan fingerprint density at radius 2 is 0.721 bits per heavy atom. The minimum Gasteiger partial charge on any atom is -0.870 e. The Kier molecular flexibility index (Phi) is 46.8.